The summed E-state index contributed by atoms with van der Waals surface area (Å²) in [7, 11) is -9.26. The second-order valence-corrected chi connectivity index (χ2v) is 7.09. The van der Waals surface area contributed by atoms with Gasteiger partial charge >= 0.3 is 0 Å². The van der Waals surface area contributed by atoms with E-state index in [0.29, 0.717) is 13.8 Å². The average molecular weight is 364 g/mol. The SMILES string of the molecule is CC(=O)S(=O)(=O)[O-].CC(=O)S(=O)(=O)[O-].[NH3+]N1CCN([NH3+])CC1. The summed E-state index contributed by atoms with van der Waals surface area (Å²) in [4.78, 5) is 19.1. The molecule has 0 radical (unpaired) electrons. The molecule has 0 aromatic carbocycles. The van der Waals surface area contributed by atoms with Gasteiger partial charge in [0.05, 0.1) is 26.2 Å². The fourth-order valence-electron chi connectivity index (χ4n) is 0.789. The van der Waals surface area contributed by atoms with Gasteiger partial charge in [0.1, 0.15) is 0 Å². The van der Waals surface area contributed by atoms with Gasteiger partial charge in [-0.25, -0.2) is 16.8 Å². The Morgan fingerprint density at radius 3 is 1.00 bits per heavy atom. The Labute approximate surface area is 128 Å². The van der Waals surface area contributed by atoms with Crippen LogP contribution < -0.4 is 11.7 Å². The molecule has 14 heteroatoms. The molecule has 0 atom stereocenters. The third-order valence-corrected chi connectivity index (χ3v) is 3.58. The molecular weight excluding hydrogens is 344 g/mol. The number of nitrogens with zero attached hydrogens (tertiary/aromatic N) is 2. The molecule has 6 N–H and O–H groups in total. The molecular formula is C8H20N4O8S2. The summed E-state index contributed by atoms with van der Waals surface area (Å²) >= 11 is 0. The summed E-state index contributed by atoms with van der Waals surface area (Å²) in [5, 5.41) is 1.46. The second kappa shape index (κ2) is 9.90. The van der Waals surface area contributed by atoms with E-state index in [2.05, 4.69) is 21.7 Å². The molecule has 1 saturated heterocycles. The first-order chi connectivity index (χ1) is 9.67. The van der Waals surface area contributed by atoms with Crippen LogP contribution in [0, 0.1) is 0 Å². The lowest BCUT2D eigenvalue weighted by Gasteiger charge is -2.22. The molecule has 0 amide bonds. The molecule has 0 spiro atoms. The van der Waals surface area contributed by atoms with Crippen LogP contribution in [0.4, 0.5) is 0 Å². The molecule has 0 saturated carbocycles. The minimum Gasteiger partial charge on any atom is -0.742 e. The van der Waals surface area contributed by atoms with Crippen LogP contribution in [-0.4, -0.2) is 72.4 Å². The lowest BCUT2D eigenvalue weighted by atomic mass is 10.4. The zero-order valence-corrected chi connectivity index (χ0v) is 13.9. The van der Waals surface area contributed by atoms with Gasteiger partial charge < -0.3 is 9.11 Å². The summed E-state index contributed by atoms with van der Waals surface area (Å²) in [6.07, 6.45) is 0. The van der Waals surface area contributed by atoms with E-state index in [4.69, 9.17) is 0 Å². The van der Waals surface area contributed by atoms with Crippen molar-refractivity contribution in [1.29, 1.82) is 0 Å². The highest BCUT2D eigenvalue weighted by Crippen LogP contribution is 1.85. The third kappa shape index (κ3) is 14.0. The maximum atomic E-state index is 9.56. The van der Waals surface area contributed by atoms with E-state index in [1.165, 1.54) is 0 Å². The Kier molecular flexibility index (Phi) is 10.5. The molecule has 1 aliphatic rings. The van der Waals surface area contributed by atoms with Gasteiger partial charge in [-0.1, -0.05) is 0 Å². The van der Waals surface area contributed by atoms with Gasteiger partial charge in [-0.3, -0.25) is 21.3 Å². The van der Waals surface area contributed by atoms with E-state index in [-0.39, 0.29) is 0 Å². The van der Waals surface area contributed by atoms with Crippen LogP contribution in [0.5, 0.6) is 0 Å². The van der Waals surface area contributed by atoms with Crippen LogP contribution in [0.25, 0.3) is 0 Å². The van der Waals surface area contributed by atoms with Crippen molar-refractivity contribution in [2.24, 2.45) is 0 Å². The van der Waals surface area contributed by atoms with Crippen LogP contribution in [0.2, 0.25) is 0 Å². The Morgan fingerprint density at radius 2 is 0.909 bits per heavy atom. The van der Waals surface area contributed by atoms with Crippen molar-refractivity contribution in [2.75, 3.05) is 26.2 Å². The van der Waals surface area contributed by atoms with E-state index >= 15 is 0 Å². The largest absolute Gasteiger partial charge is 0.742 e. The lowest BCUT2D eigenvalue weighted by Crippen LogP contribution is -2.78. The monoisotopic (exact) mass is 364 g/mol. The summed E-state index contributed by atoms with van der Waals surface area (Å²) in [5.74, 6) is 7.62. The van der Waals surface area contributed by atoms with Crippen molar-refractivity contribution in [2.45, 2.75) is 13.8 Å². The predicted molar refractivity (Wildman–Crippen MR) is 69.7 cm³/mol. The highest BCUT2D eigenvalue weighted by molar-refractivity contribution is 8.01. The van der Waals surface area contributed by atoms with E-state index in [1.807, 2.05) is 0 Å². The van der Waals surface area contributed by atoms with Gasteiger partial charge in [-0.05, 0) is 0 Å². The van der Waals surface area contributed by atoms with Crippen LogP contribution in [0.1, 0.15) is 13.8 Å². The van der Waals surface area contributed by atoms with Crippen molar-refractivity contribution in [3.63, 3.8) is 0 Å². The summed E-state index contributed by atoms with van der Waals surface area (Å²) < 4.78 is 56.6. The molecule has 0 aromatic heterocycles. The highest BCUT2D eigenvalue weighted by Gasteiger charge is 2.14. The molecule has 0 bridgehead atoms. The fourth-order valence-corrected chi connectivity index (χ4v) is 0.789. The quantitative estimate of drug-likeness (QED) is 0.391. The molecule has 132 valence electrons. The van der Waals surface area contributed by atoms with Crippen molar-refractivity contribution < 1.29 is 47.2 Å². The molecule has 1 aliphatic heterocycles. The van der Waals surface area contributed by atoms with Crippen LogP contribution in [-0.2, 0) is 29.8 Å². The lowest BCUT2D eigenvalue weighted by molar-refractivity contribution is -0.619. The zero-order valence-electron chi connectivity index (χ0n) is 12.2. The molecule has 0 aliphatic carbocycles. The highest BCUT2D eigenvalue weighted by atomic mass is 32.2. The third-order valence-electron chi connectivity index (χ3n) is 2.17. The number of carbonyl (C=O) groups excluding carboxylic acids is 2. The van der Waals surface area contributed by atoms with Crippen molar-refractivity contribution in [3.8, 4) is 0 Å². The Hall–Kier alpha value is -1.00. The fraction of sp³-hybridized carbons (Fsp3) is 0.750. The normalized spacial score (nSPS) is 16.6. The molecule has 1 fully saturated rings. The summed E-state index contributed by atoms with van der Waals surface area (Å²) in [6.45, 7) is 5.66. The van der Waals surface area contributed by atoms with E-state index < -0.39 is 30.5 Å². The van der Waals surface area contributed by atoms with Gasteiger partial charge in [0.25, 0.3) is 0 Å². The molecule has 1 heterocycles. The zero-order chi connectivity index (χ0) is 18.1. The molecule has 0 unspecified atom stereocenters. The van der Waals surface area contributed by atoms with Crippen LogP contribution in [0.3, 0.4) is 0 Å². The number of carbonyl (C=O) groups is 2. The van der Waals surface area contributed by atoms with Crippen molar-refractivity contribution in [1.82, 2.24) is 10.0 Å². The van der Waals surface area contributed by atoms with Gasteiger partial charge in [0.2, 0.25) is 10.2 Å². The van der Waals surface area contributed by atoms with E-state index in [9.17, 15) is 35.5 Å². The van der Waals surface area contributed by atoms with Crippen molar-refractivity contribution in [3.05, 3.63) is 0 Å². The van der Waals surface area contributed by atoms with Gasteiger partial charge in [-0.15, -0.1) is 0 Å². The Balaban J connectivity index is 0. The van der Waals surface area contributed by atoms with E-state index in [1.54, 1.807) is 0 Å². The second-order valence-electron chi connectivity index (χ2n) is 4.13. The molecule has 12 nitrogen and oxygen atoms in total. The summed E-state index contributed by atoms with van der Waals surface area (Å²) in [5.41, 5.74) is 0. The maximum Gasteiger partial charge on any atom is 0.231 e. The van der Waals surface area contributed by atoms with E-state index in [0.717, 1.165) is 26.2 Å². The number of quaternary nitrogens is 2. The van der Waals surface area contributed by atoms with Gasteiger partial charge in [0, 0.05) is 13.8 Å². The maximum absolute atomic E-state index is 9.56. The van der Waals surface area contributed by atoms with Crippen LogP contribution >= 0.6 is 0 Å². The first kappa shape index (κ1) is 23.3. The molecule has 1 rings (SSSR count). The molecule has 22 heavy (non-hydrogen) atoms. The Morgan fingerprint density at radius 1 is 0.773 bits per heavy atom. The number of hydrogen-bond acceptors (Lipinski definition) is 10. The predicted octanol–water partition coefficient (Wildman–Crippen LogP) is -4.93. The average Bonchev–Trinajstić information content (AvgIpc) is 2.32. The standard InChI is InChI=1S/C4H12N4.2C2H4O4S/c5-7-1-2-8(6)4-3-7;2*1-2(3)7(4,5)6/h1-6H2;2*1H3,(H,4,5,6). The summed E-state index contributed by atoms with van der Waals surface area (Å²) in [6, 6.07) is 0. The minimum absolute atomic E-state index is 0.711. The number of piperazine rings is 1. The topological polar surface area (TPSA) is 210 Å². The first-order valence-electron chi connectivity index (χ1n) is 5.71. The Bertz CT molecular complexity index is 513. The van der Waals surface area contributed by atoms with Gasteiger partial charge in [-0.2, -0.15) is 10.0 Å². The smallest absolute Gasteiger partial charge is 0.231 e. The first-order valence-corrected chi connectivity index (χ1v) is 8.53. The van der Waals surface area contributed by atoms with Crippen molar-refractivity contribution >= 4 is 30.5 Å². The number of hydrogen-bond donors (Lipinski definition) is 2. The van der Waals surface area contributed by atoms with Gasteiger partial charge in [0.15, 0.2) is 20.2 Å². The number of rotatable bonds is 0. The minimum atomic E-state index is -4.63. The van der Waals surface area contributed by atoms with Crippen LogP contribution in [0.15, 0.2) is 0 Å². The molecule has 0 aromatic rings.